The fourth-order valence-corrected chi connectivity index (χ4v) is 1.14. The van der Waals surface area contributed by atoms with E-state index in [1.807, 2.05) is 0 Å². The van der Waals surface area contributed by atoms with Gasteiger partial charge in [-0.05, 0) is 0 Å². The summed E-state index contributed by atoms with van der Waals surface area (Å²) in [6, 6.07) is 0. The van der Waals surface area contributed by atoms with Gasteiger partial charge in [-0.1, -0.05) is 6.92 Å². The van der Waals surface area contributed by atoms with Gasteiger partial charge in [0.05, 0.1) is 46.2 Å². The van der Waals surface area contributed by atoms with Crippen molar-refractivity contribution in [2.75, 3.05) is 46.2 Å². The van der Waals surface area contributed by atoms with Crippen molar-refractivity contribution >= 4 is 0 Å². The Morgan fingerprint density at radius 2 is 1.92 bits per heavy atom. The summed E-state index contributed by atoms with van der Waals surface area (Å²) in [5, 5.41) is 8.42. The first kappa shape index (κ1) is 10.9. The molecule has 0 aliphatic carbocycles. The van der Waals surface area contributed by atoms with Crippen LogP contribution >= 0.6 is 0 Å². The number of rotatable bonds is 7. The Balaban J connectivity index is 1.83. The molecule has 0 aromatic rings. The van der Waals surface area contributed by atoms with Gasteiger partial charge in [-0.15, -0.1) is 0 Å². The van der Waals surface area contributed by atoms with Crippen molar-refractivity contribution < 1.29 is 19.3 Å². The van der Waals surface area contributed by atoms with E-state index in [2.05, 4.69) is 6.92 Å². The first-order valence-electron chi connectivity index (χ1n) is 4.61. The third-order valence-corrected chi connectivity index (χ3v) is 1.96. The fourth-order valence-electron chi connectivity index (χ4n) is 1.14. The standard InChI is InChI=1S/C9H18O4/c1-9(7-13-8-9)6-12-5-4-11-3-2-10/h10H,2-8H2,1H3. The van der Waals surface area contributed by atoms with Gasteiger partial charge < -0.3 is 19.3 Å². The Bertz CT molecular complexity index is 134. The van der Waals surface area contributed by atoms with Crippen LogP contribution in [0, 0.1) is 5.41 Å². The monoisotopic (exact) mass is 190 g/mol. The van der Waals surface area contributed by atoms with Gasteiger partial charge in [0, 0.05) is 5.41 Å². The molecule has 0 aromatic carbocycles. The molecule has 1 rings (SSSR count). The molecule has 4 nitrogen and oxygen atoms in total. The smallest absolute Gasteiger partial charge is 0.0701 e. The van der Waals surface area contributed by atoms with Crippen molar-refractivity contribution in [1.82, 2.24) is 0 Å². The average molecular weight is 190 g/mol. The molecular formula is C9H18O4. The molecule has 1 aliphatic rings. The molecule has 1 heterocycles. The van der Waals surface area contributed by atoms with E-state index in [4.69, 9.17) is 19.3 Å². The van der Waals surface area contributed by atoms with Crippen molar-refractivity contribution in [1.29, 1.82) is 0 Å². The maximum Gasteiger partial charge on any atom is 0.0701 e. The molecule has 0 atom stereocenters. The lowest BCUT2D eigenvalue weighted by molar-refractivity contribution is -0.140. The highest BCUT2D eigenvalue weighted by atomic mass is 16.5. The first-order valence-corrected chi connectivity index (χ1v) is 4.61. The molecule has 13 heavy (non-hydrogen) atoms. The molecule has 0 aromatic heterocycles. The highest BCUT2D eigenvalue weighted by Gasteiger charge is 2.33. The first-order chi connectivity index (χ1) is 6.27. The van der Waals surface area contributed by atoms with Gasteiger partial charge >= 0.3 is 0 Å². The van der Waals surface area contributed by atoms with Crippen LogP contribution in [0.25, 0.3) is 0 Å². The topological polar surface area (TPSA) is 47.9 Å². The molecule has 0 saturated carbocycles. The van der Waals surface area contributed by atoms with Gasteiger partial charge in [-0.3, -0.25) is 0 Å². The van der Waals surface area contributed by atoms with Crippen LogP contribution in [0.2, 0.25) is 0 Å². The summed E-state index contributed by atoms with van der Waals surface area (Å²) in [4.78, 5) is 0. The molecule has 0 unspecified atom stereocenters. The summed E-state index contributed by atoms with van der Waals surface area (Å²) in [5.41, 5.74) is 0.219. The zero-order chi connectivity index (χ0) is 9.57. The van der Waals surface area contributed by atoms with E-state index in [1.165, 1.54) is 0 Å². The molecular weight excluding hydrogens is 172 g/mol. The maximum atomic E-state index is 8.42. The van der Waals surface area contributed by atoms with Gasteiger partial charge in [0.2, 0.25) is 0 Å². The Kier molecular flexibility index (Phi) is 4.66. The fraction of sp³-hybridized carbons (Fsp3) is 1.00. The van der Waals surface area contributed by atoms with Gasteiger partial charge in [0.25, 0.3) is 0 Å². The highest BCUT2D eigenvalue weighted by molar-refractivity contribution is 4.79. The van der Waals surface area contributed by atoms with E-state index in [1.54, 1.807) is 0 Å². The lowest BCUT2D eigenvalue weighted by atomic mass is 9.90. The Morgan fingerprint density at radius 1 is 1.23 bits per heavy atom. The van der Waals surface area contributed by atoms with E-state index in [0.717, 1.165) is 19.8 Å². The van der Waals surface area contributed by atoms with Gasteiger partial charge in [0.1, 0.15) is 0 Å². The third kappa shape index (κ3) is 4.04. The minimum absolute atomic E-state index is 0.0750. The second kappa shape index (κ2) is 5.54. The number of hydrogen-bond donors (Lipinski definition) is 1. The molecule has 0 spiro atoms. The van der Waals surface area contributed by atoms with E-state index in [-0.39, 0.29) is 12.0 Å². The van der Waals surface area contributed by atoms with Crippen molar-refractivity contribution in [3.05, 3.63) is 0 Å². The van der Waals surface area contributed by atoms with Crippen LogP contribution in [0.1, 0.15) is 6.92 Å². The molecule has 1 N–H and O–H groups in total. The Hall–Kier alpha value is -0.160. The summed E-state index contributed by atoms with van der Waals surface area (Å²) in [7, 11) is 0. The van der Waals surface area contributed by atoms with Crippen LogP contribution in [0.3, 0.4) is 0 Å². The van der Waals surface area contributed by atoms with Crippen molar-refractivity contribution in [3.63, 3.8) is 0 Å². The SMILES string of the molecule is CC1(COCCOCCO)COC1. The van der Waals surface area contributed by atoms with E-state index in [0.29, 0.717) is 19.8 Å². The summed E-state index contributed by atoms with van der Waals surface area (Å²) in [6.07, 6.45) is 0. The third-order valence-electron chi connectivity index (χ3n) is 1.96. The van der Waals surface area contributed by atoms with Gasteiger partial charge in [-0.25, -0.2) is 0 Å². The lowest BCUT2D eigenvalue weighted by Gasteiger charge is -2.37. The maximum absolute atomic E-state index is 8.42. The average Bonchev–Trinajstić information content (AvgIpc) is 2.08. The van der Waals surface area contributed by atoms with Crippen LogP contribution in [-0.4, -0.2) is 51.4 Å². The zero-order valence-electron chi connectivity index (χ0n) is 8.12. The molecule has 0 radical (unpaired) electrons. The van der Waals surface area contributed by atoms with Crippen molar-refractivity contribution in [2.24, 2.45) is 5.41 Å². The summed E-state index contributed by atoms with van der Waals surface area (Å²) in [5.74, 6) is 0. The highest BCUT2D eigenvalue weighted by Crippen LogP contribution is 2.26. The summed E-state index contributed by atoms with van der Waals surface area (Å²) in [6.45, 7) is 6.08. The molecule has 0 bridgehead atoms. The summed E-state index contributed by atoms with van der Waals surface area (Å²) < 4.78 is 15.5. The largest absolute Gasteiger partial charge is 0.394 e. The minimum atomic E-state index is 0.0750. The molecule has 1 aliphatic heterocycles. The van der Waals surface area contributed by atoms with Crippen LogP contribution in [0.4, 0.5) is 0 Å². The molecule has 0 amide bonds. The minimum Gasteiger partial charge on any atom is -0.394 e. The number of ether oxygens (including phenoxy) is 3. The molecule has 1 fully saturated rings. The second-order valence-electron chi connectivity index (χ2n) is 3.69. The summed E-state index contributed by atoms with van der Waals surface area (Å²) >= 11 is 0. The van der Waals surface area contributed by atoms with E-state index in [9.17, 15) is 0 Å². The zero-order valence-corrected chi connectivity index (χ0v) is 8.12. The van der Waals surface area contributed by atoms with Crippen molar-refractivity contribution in [2.45, 2.75) is 6.92 Å². The Labute approximate surface area is 78.8 Å². The van der Waals surface area contributed by atoms with Gasteiger partial charge in [0.15, 0.2) is 0 Å². The van der Waals surface area contributed by atoms with Crippen LogP contribution in [0.5, 0.6) is 0 Å². The lowest BCUT2D eigenvalue weighted by Crippen LogP contribution is -2.43. The second-order valence-corrected chi connectivity index (χ2v) is 3.69. The van der Waals surface area contributed by atoms with Crippen molar-refractivity contribution in [3.8, 4) is 0 Å². The number of aliphatic hydroxyl groups excluding tert-OH is 1. The van der Waals surface area contributed by atoms with E-state index >= 15 is 0 Å². The normalized spacial score (nSPS) is 19.8. The van der Waals surface area contributed by atoms with Crippen LogP contribution < -0.4 is 0 Å². The molecule has 4 heteroatoms. The Morgan fingerprint density at radius 3 is 2.46 bits per heavy atom. The van der Waals surface area contributed by atoms with E-state index < -0.39 is 0 Å². The number of hydrogen-bond acceptors (Lipinski definition) is 4. The molecule has 1 saturated heterocycles. The predicted octanol–water partition coefficient (Wildman–Crippen LogP) is 0.0484. The predicted molar refractivity (Wildman–Crippen MR) is 47.6 cm³/mol. The number of aliphatic hydroxyl groups is 1. The van der Waals surface area contributed by atoms with Crippen LogP contribution in [0.15, 0.2) is 0 Å². The van der Waals surface area contributed by atoms with Gasteiger partial charge in [-0.2, -0.15) is 0 Å². The van der Waals surface area contributed by atoms with Crippen LogP contribution in [-0.2, 0) is 14.2 Å². The molecule has 78 valence electrons. The quantitative estimate of drug-likeness (QED) is 0.576.